The Morgan fingerprint density at radius 3 is 0.970 bits per heavy atom. The first kappa shape index (κ1) is 31.5. The Morgan fingerprint density at radius 2 is 0.667 bits per heavy atom. The summed E-state index contributed by atoms with van der Waals surface area (Å²) >= 11 is 0. The van der Waals surface area contributed by atoms with Gasteiger partial charge < -0.3 is 21.3 Å². The number of carbonyl (C=O) groups is 2. The summed E-state index contributed by atoms with van der Waals surface area (Å²) < 4.78 is 0. The summed E-state index contributed by atoms with van der Waals surface area (Å²) in [5, 5.41) is 11.0. The van der Waals surface area contributed by atoms with Gasteiger partial charge in [0.05, 0.1) is 6.67 Å². The quantitative estimate of drug-likeness (QED) is 0.0880. The fraction of sp³-hybridized carbons (Fsp3) is 0.926. The van der Waals surface area contributed by atoms with E-state index < -0.39 is 0 Å². The SMILES string of the molecule is CCCCCCCCCCCCNC(=O)NCNC(=O)NCCCCCCCCCCCC. The monoisotopic (exact) mass is 468 g/mol. The number of rotatable bonds is 24. The van der Waals surface area contributed by atoms with Gasteiger partial charge in [-0.15, -0.1) is 0 Å². The Labute approximate surface area is 205 Å². The topological polar surface area (TPSA) is 82.3 Å². The van der Waals surface area contributed by atoms with Gasteiger partial charge in [0.25, 0.3) is 0 Å². The third kappa shape index (κ3) is 26.7. The molecule has 33 heavy (non-hydrogen) atoms. The van der Waals surface area contributed by atoms with Crippen molar-refractivity contribution in [2.24, 2.45) is 0 Å². The van der Waals surface area contributed by atoms with Gasteiger partial charge in [-0.05, 0) is 12.8 Å². The summed E-state index contributed by atoms with van der Waals surface area (Å²) in [5.74, 6) is 0. The fourth-order valence-electron chi connectivity index (χ4n) is 3.96. The number of urea groups is 2. The highest BCUT2D eigenvalue weighted by Crippen LogP contribution is 2.11. The zero-order valence-electron chi connectivity index (χ0n) is 22.1. The Bertz CT molecular complexity index is 394. The lowest BCUT2D eigenvalue weighted by atomic mass is 10.1. The van der Waals surface area contributed by atoms with Gasteiger partial charge in [-0.25, -0.2) is 9.59 Å². The van der Waals surface area contributed by atoms with Gasteiger partial charge in [-0.3, -0.25) is 0 Å². The van der Waals surface area contributed by atoms with Crippen molar-refractivity contribution in [1.29, 1.82) is 0 Å². The molecule has 0 radical (unpaired) electrons. The van der Waals surface area contributed by atoms with Gasteiger partial charge in [-0.2, -0.15) is 0 Å². The fourth-order valence-corrected chi connectivity index (χ4v) is 3.96. The van der Waals surface area contributed by atoms with E-state index in [-0.39, 0.29) is 18.7 Å². The maximum atomic E-state index is 11.8. The van der Waals surface area contributed by atoms with Gasteiger partial charge in [0.2, 0.25) is 0 Å². The molecule has 0 spiro atoms. The Balaban J connectivity index is 3.29. The van der Waals surface area contributed by atoms with E-state index >= 15 is 0 Å². The van der Waals surface area contributed by atoms with Gasteiger partial charge in [0, 0.05) is 13.1 Å². The van der Waals surface area contributed by atoms with E-state index in [1.54, 1.807) is 0 Å². The minimum Gasteiger partial charge on any atom is -0.338 e. The lowest BCUT2D eigenvalue weighted by molar-refractivity contribution is 0.234. The summed E-state index contributed by atoms with van der Waals surface area (Å²) in [6.07, 6.45) is 25.7. The number of amides is 4. The second kappa shape index (κ2) is 26.8. The molecule has 0 aromatic heterocycles. The number of carbonyl (C=O) groups excluding carboxylic acids is 2. The summed E-state index contributed by atoms with van der Waals surface area (Å²) in [4.78, 5) is 23.5. The molecule has 0 saturated heterocycles. The molecule has 0 fully saturated rings. The Hall–Kier alpha value is -1.46. The van der Waals surface area contributed by atoms with Crippen molar-refractivity contribution in [2.45, 2.75) is 142 Å². The summed E-state index contributed by atoms with van der Waals surface area (Å²) in [7, 11) is 0. The first-order valence-electron chi connectivity index (χ1n) is 14.2. The van der Waals surface area contributed by atoms with Crippen molar-refractivity contribution in [1.82, 2.24) is 21.3 Å². The molecule has 0 aromatic carbocycles. The van der Waals surface area contributed by atoms with Crippen molar-refractivity contribution < 1.29 is 9.59 Å². The molecule has 0 rings (SSSR count). The van der Waals surface area contributed by atoms with E-state index in [4.69, 9.17) is 0 Å². The highest BCUT2D eigenvalue weighted by Gasteiger charge is 2.02. The maximum Gasteiger partial charge on any atom is 0.316 e. The second-order valence-corrected chi connectivity index (χ2v) is 9.41. The van der Waals surface area contributed by atoms with E-state index in [1.165, 1.54) is 103 Å². The molecule has 4 amide bonds. The van der Waals surface area contributed by atoms with Crippen LogP contribution in [0.2, 0.25) is 0 Å². The molecule has 0 aliphatic carbocycles. The maximum absolute atomic E-state index is 11.8. The molecule has 0 aliphatic rings. The lowest BCUT2D eigenvalue weighted by Crippen LogP contribution is -2.46. The second-order valence-electron chi connectivity index (χ2n) is 9.41. The Kier molecular flexibility index (Phi) is 25.6. The number of unbranched alkanes of at least 4 members (excludes halogenated alkanes) is 18. The molecule has 0 unspecified atom stereocenters. The summed E-state index contributed by atoms with van der Waals surface area (Å²) in [5.41, 5.74) is 0. The van der Waals surface area contributed by atoms with Crippen LogP contribution in [0.1, 0.15) is 142 Å². The Morgan fingerprint density at radius 1 is 0.394 bits per heavy atom. The molecule has 0 saturated carbocycles. The van der Waals surface area contributed by atoms with E-state index in [2.05, 4.69) is 35.1 Å². The van der Waals surface area contributed by atoms with Crippen LogP contribution < -0.4 is 21.3 Å². The molecule has 0 aromatic rings. The molecule has 4 N–H and O–H groups in total. The standard InChI is InChI=1S/C27H56N4O2/c1-3-5-7-9-11-13-15-17-19-21-23-28-26(32)30-25-31-27(33)29-24-22-20-18-16-14-12-10-8-6-4-2/h3-25H2,1-2H3,(H2,28,30,32)(H2,29,31,33). The number of nitrogens with one attached hydrogen (secondary N) is 4. The largest absolute Gasteiger partial charge is 0.338 e. The molecule has 0 heterocycles. The predicted molar refractivity (Wildman–Crippen MR) is 142 cm³/mol. The number of hydrogen-bond donors (Lipinski definition) is 4. The summed E-state index contributed by atoms with van der Waals surface area (Å²) in [6, 6.07) is -0.443. The van der Waals surface area contributed by atoms with Crippen LogP contribution in [-0.2, 0) is 0 Å². The van der Waals surface area contributed by atoms with Crippen molar-refractivity contribution in [3.8, 4) is 0 Å². The van der Waals surface area contributed by atoms with E-state index in [9.17, 15) is 9.59 Å². The van der Waals surface area contributed by atoms with Crippen LogP contribution in [-0.4, -0.2) is 31.8 Å². The molecular weight excluding hydrogens is 412 g/mol. The number of hydrogen-bond acceptors (Lipinski definition) is 2. The average molecular weight is 469 g/mol. The van der Waals surface area contributed by atoms with Crippen molar-refractivity contribution in [2.75, 3.05) is 19.8 Å². The minimum absolute atomic E-state index is 0.147. The van der Waals surface area contributed by atoms with Crippen LogP contribution in [0.3, 0.4) is 0 Å². The van der Waals surface area contributed by atoms with Gasteiger partial charge in [0.15, 0.2) is 0 Å². The van der Waals surface area contributed by atoms with Crippen molar-refractivity contribution in [3.05, 3.63) is 0 Å². The van der Waals surface area contributed by atoms with Gasteiger partial charge in [-0.1, -0.05) is 129 Å². The van der Waals surface area contributed by atoms with Crippen LogP contribution in [0.25, 0.3) is 0 Å². The first-order valence-corrected chi connectivity index (χ1v) is 14.2. The van der Waals surface area contributed by atoms with Crippen molar-refractivity contribution >= 4 is 12.1 Å². The molecule has 196 valence electrons. The summed E-state index contributed by atoms with van der Waals surface area (Å²) in [6.45, 7) is 6.03. The lowest BCUT2D eigenvalue weighted by Gasteiger charge is -2.10. The van der Waals surface area contributed by atoms with E-state index in [1.807, 2.05) is 0 Å². The smallest absolute Gasteiger partial charge is 0.316 e. The molecule has 6 nitrogen and oxygen atoms in total. The molecule has 0 aliphatic heterocycles. The molecular formula is C27H56N4O2. The van der Waals surface area contributed by atoms with E-state index in [0.717, 1.165) is 25.7 Å². The van der Waals surface area contributed by atoms with Crippen molar-refractivity contribution in [3.63, 3.8) is 0 Å². The minimum atomic E-state index is -0.221. The first-order chi connectivity index (χ1) is 16.2. The highest BCUT2D eigenvalue weighted by atomic mass is 16.2. The van der Waals surface area contributed by atoms with E-state index in [0.29, 0.717) is 13.1 Å². The van der Waals surface area contributed by atoms with Crippen LogP contribution in [0.5, 0.6) is 0 Å². The zero-order valence-corrected chi connectivity index (χ0v) is 22.1. The van der Waals surface area contributed by atoms with Crippen LogP contribution >= 0.6 is 0 Å². The third-order valence-electron chi connectivity index (χ3n) is 6.13. The normalized spacial score (nSPS) is 10.7. The molecule has 0 atom stereocenters. The van der Waals surface area contributed by atoms with Crippen LogP contribution in [0, 0.1) is 0 Å². The molecule has 6 heteroatoms. The van der Waals surface area contributed by atoms with Gasteiger partial charge in [0.1, 0.15) is 0 Å². The van der Waals surface area contributed by atoms with Gasteiger partial charge >= 0.3 is 12.1 Å². The van der Waals surface area contributed by atoms with Crippen LogP contribution in [0.15, 0.2) is 0 Å². The van der Waals surface area contributed by atoms with Crippen LogP contribution in [0.4, 0.5) is 9.59 Å². The zero-order chi connectivity index (χ0) is 24.2. The highest BCUT2D eigenvalue weighted by molar-refractivity contribution is 5.76. The predicted octanol–water partition coefficient (Wildman–Crippen LogP) is 7.38. The average Bonchev–Trinajstić information content (AvgIpc) is 2.81. The molecule has 0 bridgehead atoms. The third-order valence-corrected chi connectivity index (χ3v) is 6.13.